The van der Waals surface area contributed by atoms with E-state index in [9.17, 15) is 8.42 Å². The van der Waals surface area contributed by atoms with Crippen molar-refractivity contribution in [3.8, 4) is 12.0 Å². The molecule has 1 N–H and O–H groups in total. The summed E-state index contributed by atoms with van der Waals surface area (Å²) < 4.78 is 37.8. The highest BCUT2D eigenvalue weighted by molar-refractivity contribution is 7.89. The monoisotopic (exact) mass is 360 g/mol. The number of nitrogens with zero attached hydrogens (tertiary/aromatic N) is 3. The minimum atomic E-state index is -3.76. The Morgan fingerprint density at radius 3 is 2.24 bits per heavy atom. The van der Waals surface area contributed by atoms with Crippen molar-refractivity contribution in [3.63, 3.8) is 0 Å². The van der Waals surface area contributed by atoms with Crippen molar-refractivity contribution < 1.29 is 17.9 Å². The number of aromatic nitrogens is 3. The van der Waals surface area contributed by atoms with Crippen LogP contribution >= 0.6 is 0 Å². The van der Waals surface area contributed by atoms with Crippen molar-refractivity contribution in [2.45, 2.75) is 11.4 Å². The third kappa shape index (κ3) is 3.67. The molecule has 0 saturated heterocycles. The van der Waals surface area contributed by atoms with E-state index in [-0.39, 0.29) is 29.3 Å². The molecule has 130 valence electrons. The SMILES string of the molecule is COc1nc(CNS(=O)(=O)c2cccc3ccccc23)nc(OC)n1. The minimum absolute atomic E-state index is 0.0474. The molecule has 0 radical (unpaired) electrons. The van der Waals surface area contributed by atoms with Gasteiger partial charge in [0.15, 0.2) is 5.82 Å². The highest BCUT2D eigenvalue weighted by atomic mass is 32.2. The Bertz CT molecular complexity index is 980. The van der Waals surface area contributed by atoms with Crippen molar-refractivity contribution >= 4 is 20.8 Å². The van der Waals surface area contributed by atoms with Crippen LogP contribution in [0.2, 0.25) is 0 Å². The van der Waals surface area contributed by atoms with Gasteiger partial charge in [-0.05, 0) is 11.5 Å². The maximum atomic E-state index is 12.7. The molecule has 0 bridgehead atoms. The minimum Gasteiger partial charge on any atom is -0.467 e. The number of hydrogen-bond acceptors (Lipinski definition) is 7. The molecule has 3 rings (SSSR count). The summed E-state index contributed by atoms with van der Waals surface area (Å²) in [5, 5.41) is 1.48. The third-order valence-corrected chi connectivity index (χ3v) is 4.92. The Balaban J connectivity index is 1.89. The first-order valence-electron chi connectivity index (χ1n) is 7.34. The van der Waals surface area contributed by atoms with Crippen LogP contribution in [-0.4, -0.2) is 37.6 Å². The van der Waals surface area contributed by atoms with Gasteiger partial charge in [-0.2, -0.15) is 9.97 Å². The van der Waals surface area contributed by atoms with E-state index in [1.54, 1.807) is 24.3 Å². The van der Waals surface area contributed by atoms with Crippen LogP contribution < -0.4 is 14.2 Å². The van der Waals surface area contributed by atoms with Crippen LogP contribution in [0, 0.1) is 0 Å². The van der Waals surface area contributed by atoms with E-state index in [0.717, 1.165) is 5.39 Å². The summed E-state index contributed by atoms with van der Waals surface area (Å²) in [6.45, 7) is -0.124. The number of benzene rings is 2. The zero-order chi connectivity index (χ0) is 17.9. The summed E-state index contributed by atoms with van der Waals surface area (Å²) in [4.78, 5) is 12.1. The molecule has 3 aromatic rings. The molecule has 0 atom stereocenters. The van der Waals surface area contributed by atoms with E-state index in [4.69, 9.17) is 9.47 Å². The predicted octanol–water partition coefficient (Wildman–Crippen LogP) is 1.52. The highest BCUT2D eigenvalue weighted by Gasteiger charge is 2.18. The second kappa shape index (κ2) is 6.99. The number of rotatable bonds is 6. The van der Waals surface area contributed by atoms with Gasteiger partial charge >= 0.3 is 12.0 Å². The van der Waals surface area contributed by atoms with Gasteiger partial charge in [0.2, 0.25) is 10.0 Å². The number of ether oxygens (including phenoxy) is 2. The average Bonchev–Trinajstić information content (AvgIpc) is 2.65. The highest BCUT2D eigenvalue weighted by Crippen LogP contribution is 2.22. The molecule has 9 heteroatoms. The molecule has 1 aromatic heterocycles. The normalized spacial score (nSPS) is 11.4. The van der Waals surface area contributed by atoms with E-state index < -0.39 is 10.0 Å². The van der Waals surface area contributed by atoms with Gasteiger partial charge in [0.25, 0.3) is 0 Å². The quantitative estimate of drug-likeness (QED) is 0.711. The summed E-state index contributed by atoms with van der Waals surface area (Å²) in [7, 11) is -0.953. The molecule has 8 nitrogen and oxygen atoms in total. The zero-order valence-corrected chi connectivity index (χ0v) is 14.4. The Hall–Kier alpha value is -2.78. The van der Waals surface area contributed by atoms with E-state index >= 15 is 0 Å². The van der Waals surface area contributed by atoms with Crippen LogP contribution in [0.1, 0.15) is 5.82 Å². The molecule has 0 amide bonds. The zero-order valence-electron chi connectivity index (χ0n) is 13.6. The topological polar surface area (TPSA) is 103 Å². The molecule has 0 aliphatic rings. The van der Waals surface area contributed by atoms with Crippen LogP contribution in [0.5, 0.6) is 12.0 Å². The molecule has 0 aliphatic heterocycles. The summed E-state index contributed by atoms with van der Waals surface area (Å²) in [6, 6.07) is 12.5. The maximum Gasteiger partial charge on any atom is 0.322 e. The molecule has 25 heavy (non-hydrogen) atoms. The molecule has 0 spiro atoms. The van der Waals surface area contributed by atoms with Crippen molar-refractivity contribution in [1.29, 1.82) is 0 Å². The van der Waals surface area contributed by atoms with E-state index in [1.165, 1.54) is 14.2 Å². The first-order valence-corrected chi connectivity index (χ1v) is 8.82. The van der Waals surface area contributed by atoms with Gasteiger partial charge in [-0.25, -0.2) is 13.1 Å². The number of hydrogen-bond donors (Lipinski definition) is 1. The molecular formula is C16H16N4O4S. The standard InChI is InChI=1S/C16H16N4O4S/c1-23-15-18-14(19-16(20-15)24-2)10-17-25(21,22)13-9-5-7-11-6-3-4-8-12(11)13/h3-9,17H,10H2,1-2H3. The van der Waals surface area contributed by atoms with Gasteiger partial charge in [-0.15, -0.1) is 4.98 Å². The first kappa shape index (κ1) is 17.1. The Morgan fingerprint density at radius 1 is 0.920 bits per heavy atom. The van der Waals surface area contributed by atoms with Gasteiger partial charge in [-0.3, -0.25) is 0 Å². The van der Waals surface area contributed by atoms with Crippen LogP contribution in [0.25, 0.3) is 10.8 Å². The lowest BCUT2D eigenvalue weighted by Gasteiger charge is -2.10. The summed E-state index contributed by atoms with van der Waals surface area (Å²) in [5.74, 6) is 0.188. The van der Waals surface area contributed by atoms with Crippen LogP contribution in [-0.2, 0) is 16.6 Å². The second-order valence-electron chi connectivity index (χ2n) is 5.03. The Labute approximate surface area is 144 Å². The maximum absolute atomic E-state index is 12.7. The van der Waals surface area contributed by atoms with Crippen molar-refractivity contribution in [2.24, 2.45) is 0 Å². The second-order valence-corrected chi connectivity index (χ2v) is 6.76. The summed E-state index contributed by atoms with van der Waals surface area (Å²) in [6.07, 6.45) is 0. The van der Waals surface area contributed by atoms with Crippen molar-refractivity contribution in [1.82, 2.24) is 19.7 Å². The molecule has 1 heterocycles. The molecule has 0 fully saturated rings. The predicted molar refractivity (Wildman–Crippen MR) is 90.9 cm³/mol. The molecule has 2 aromatic carbocycles. The van der Waals surface area contributed by atoms with E-state index in [1.807, 2.05) is 18.2 Å². The van der Waals surface area contributed by atoms with Crippen LogP contribution in [0.4, 0.5) is 0 Å². The van der Waals surface area contributed by atoms with Crippen molar-refractivity contribution in [3.05, 3.63) is 48.3 Å². The molecule has 0 unspecified atom stereocenters. The van der Waals surface area contributed by atoms with Gasteiger partial charge in [0, 0.05) is 5.39 Å². The lowest BCUT2D eigenvalue weighted by molar-refractivity contribution is 0.336. The van der Waals surface area contributed by atoms with Gasteiger partial charge in [0.05, 0.1) is 25.7 Å². The first-order chi connectivity index (χ1) is 12.0. The fourth-order valence-corrected chi connectivity index (χ4v) is 3.51. The summed E-state index contributed by atoms with van der Waals surface area (Å²) >= 11 is 0. The van der Waals surface area contributed by atoms with Gasteiger partial charge in [-0.1, -0.05) is 36.4 Å². The van der Waals surface area contributed by atoms with E-state index in [2.05, 4.69) is 19.7 Å². The lowest BCUT2D eigenvalue weighted by Crippen LogP contribution is -2.25. The molecular weight excluding hydrogens is 344 g/mol. The van der Waals surface area contributed by atoms with Crippen LogP contribution in [0.15, 0.2) is 47.4 Å². The smallest absolute Gasteiger partial charge is 0.322 e. The molecule has 0 saturated carbocycles. The van der Waals surface area contributed by atoms with E-state index in [0.29, 0.717) is 5.39 Å². The van der Waals surface area contributed by atoms with Gasteiger partial charge in [0.1, 0.15) is 0 Å². The summed E-state index contributed by atoms with van der Waals surface area (Å²) in [5.41, 5.74) is 0. The molecule has 0 aliphatic carbocycles. The van der Waals surface area contributed by atoms with Crippen molar-refractivity contribution in [2.75, 3.05) is 14.2 Å². The number of nitrogens with one attached hydrogen (secondary N) is 1. The lowest BCUT2D eigenvalue weighted by atomic mass is 10.1. The number of methoxy groups -OCH3 is 2. The third-order valence-electron chi connectivity index (χ3n) is 3.47. The van der Waals surface area contributed by atoms with Gasteiger partial charge < -0.3 is 9.47 Å². The number of fused-ring (bicyclic) bond motifs is 1. The fraction of sp³-hybridized carbons (Fsp3) is 0.188. The average molecular weight is 360 g/mol. The Morgan fingerprint density at radius 2 is 1.56 bits per heavy atom. The van der Waals surface area contributed by atoms with Crippen LogP contribution in [0.3, 0.4) is 0 Å². The Kier molecular flexibility index (Phi) is 4.77. The fourth-order valence-electron chi connectivity index (χ4n) is 2.31. The number of sulfonamides is 1. The largest absolute Gasteiger partial charge is 0.467 e.